The summed E-state index contributed by atoms with van der Waals surface area (Å²) in [5, 5.41) is 8.64. The van der Waals surface area contributed by atoms with Gasteiger partial charge >= 0.3 is 0 Å². The van der Waals surface area contributed by atoms with E-state index < -0.39 is 12.7 Å². The highest BCUT2D eigenvalue weighted by atomic mass is 16.6. The maximum absolute atomic E-state index is 11.2. The summed E-state index contributed by atoms with van der Waals surface area (Å²) >= 11 is 0. The Bertz CT molecular complexity index is 377. The Balaban J connectivity index is 3.02. The topological polar surface area (TPSA) is 84.6 Å². The van der Waals surface area contributed by atoms with Crippen LogP contribution in [0.5, 0.6) is 5.75 Å². The molecule has 0 saturated carbocycles. The summed E-state index contributed by atoms with van der Waals surface area (Å²) in [6.07, 6.45) is 0. The number of hydrogen-bond donors (Lipinski definition) is 3. The summed E-state index contributed by atoms with van der Waals surface area (Å²) < 4.78 is 4.93. The molecule has 0 unspecified atom stereocenters. The molecule has 0 aliphatic rings. The fraction of sp³-hybridized carbons (Fsp3) is 0.100. The molecule has 0 atom stereocenters. The van der Waals surface area contributed by atoms with Gasteiger partial charge in [0.1, 0.15) is 5.75 Å². The van der Waals surface area contributed by atoms with E-state index in [0.717, 1.165) is 0 Å². The van der Waals surface area contributed by atoms with Gasteiger partial charge in [0.05, 0.1) is 0 Å². The Hall–Kier alpha value is -1.85. The molecule has 1 rings (SSSR count). The summed E-state index contributed by atoms with van der Waals surface area (Å²) in [6, 6.07) is 6.74. The van der Waals surface area contributed by atoms with Gasteiger partial charge in [0, 0.05) is 11.1 Å². The number of nitrogens with two attached hydrogens (primary N) is 1. The molecule has 15 heavy (non-hydrogen) atoms. The lowest BCUT2D eigenvalue weighted by atomic mass is 10.1. The second kappa shape index (κ2) is 5.14. The van der Waals surface area contributed by atoms with Crippen molar-refractivity contribution < 1.29 is 14.6 Å². The van der Waals surface area contributed by atoms with Crippen LogP contribution in [0.15, 0.2) is 30.8 Å². The van der Waals surface area contributed by atoms with Crippen LogP contribution >= 0.6 is 0 Å². The second-order valence-corrected chi connectivity index (χ2v) is 2.72. The van der Waals surface area contributed by atoms with Crippen molar-refractivity contribution in [2.45, 2.75) is 0 Å². The molecular formula is C10H12N2O3. The molecule has 5 heteroatoms. The van der Waals surface area contributed by atoms with Crippen LogP contribution in [0.1, 0.15) is 5.56 Å². The summed E-state index contributed by atoms with van der Waals surface area (Å²) in [4.78, 5) is 11.2. The minimum atomic E-state index is -0.496. The van der Waals surface area contributed by atoms with E-state index in [1.165, 1.54) is 0 Å². The summed E-state index contributed by atoms with van der Waals surface area (Å²) in [5.74, 6) is 4.87. The molecule has 4 N–H and O–H groups in total. The minimum Gasteiger partial charge on any atom is -0.467 e. The van der Waals surface area contributed by atoms with E-state index in [-0.39, 0.29) is 5.57 Å². The molecule has 1 amide bonds. The zero-order valence-electron chi connectivity index (χ0n) is 8.06. The molecule has 0 heterocycles. The van der Waals surface area contributed by atoms with Gasteiger partial charge in [-0.2, -0.15) is 0 Å². The van der Waals surface area contributed by atoms with Crippen LogP contribution in [0.4, 0.5) is 0 Å². The Morgan fingerprint density at radius 1 is 1.53 bits per heavy atom. The Kier molecular flexibility index (Phi) is 3.84. The maximum Gasteiger partial charge on any atom is 0.265 e. The van der Waals surface area contributed by atoms with E-state index in [9.17, 15) is 4.79 Å². The molecule has 1 aromatic rings. The summed E-state index contributed by atoms with van der Waals surface area (Å²) in [6.45, 7) is 3.12. The van der Waals surface area contributed by atoms with Crippen LogP contribution in [0.25, 0.3) is 5.57 Å². The van der Waals surface area contributed by atoms with Gasteiger partial charge < -0.3 is 9.84 Å². The number of hydrazine groups is 1. The largest absolute Gasteiger partial charge is 0.467 e. The van der Waals surface area contributed by atoms with E-state index in [4.69, 9.17) is 15.7 Å². The number of aliphatic hydroxyl groups is 1. The van der Waals surface area contributed by atoms with Gasteiger partial charge in [-0.15, -0.1) is 0 Å². The minimum absolute atomic E-state index is 0.182. The monoisotopic (exact) mass is 208 g/mol. The first kappa shape index (κ1) is 11.2. The van der Waals surface area contributed by atoms with Crippen LogP contribution < -0.4 is 16.0 Å². The number of rotatable bonds is 4. The van der Waals surface area contributed by atoms with Crippen molar-refractivity contribution in [1.29, 1.82) is 0 Å². The van der Waals surface area contributed by atoms with Gasteiger partial charge in [-0.25, -0.2) is 5.84 Å². The Labute approximate surface area is 87.1 Å². The molecule has 0 radical (unpaired) electrons. The van der Waals surface area contributed by atoms with Gasteiger partial charge in [0.2, 0.25) is 0 Å². The molecule has 0 spiro atoms. The fourth-order valence-corrected chi connectivity index (χ4v) is 1.12. The van der Waals surface area contributed by atoms with Crippen LogP contribution in [0, 0.1) is 0 Å². The van der Waals surface area contributed by atoms with Crippen LogP contribution in [0.3, 0.4) is 0 Å². The molecular weight excluding hydrogens is 196 g/mol. The quantitative estimate of drug-likeness (QED) is 0.214. The number of ether oxygens (including phenoxy) is 1. The number of nitrogens with one attached hydrogen (secondary N) is 1. The molecule has 0 bridgehead atoms. The van der Waals surface area contributed by atoms with E-state index in [0.29, 0.717) is 11.3 Å². The van der Waals surface area contributed by atoms with Gasteiger partial charge in [-0.3, -0.25) is 10.2 Å². The first-order chi connectivity index (χ1) is 7.20. The van der Waals surface area contributed by atoms with E-state index in [1.807, 2.05) is 5.43 Å². The van der Waals surface area contributed by atoms with Crippen molar-refractivity contribution in [3.63, 3.8) is 0 Å². The highest BCUT2D eigenvalue weighted by Crippen LogP contribution is 2.24. The Morgan fingerprint density at radius 3 is 2.80 bits per heavy atom. The average molecular weight is 208 g/mol. The highest BCUT2D eigenvalue weighted by molar-refractivity contribution is 6.19. The lowest BCUT2D eigenvalue weighted by Crippen LogP contribution is -2.30. The first-order valence-corrected chi connectivity index (χ1v) is 4.23. The van der Waals surface area contributed by atoms with Gasteiger partial charge in [-0.1, -0.05) is 24.8 Å². The summed E-state index contributed by atoms with van der Waals surface area (Å²) in [7, 11) is 0. The van der Waals surface area contributed by atoms with E-state index >= 15 is 0 Å². The SMILES string of the molecule is C=C(C(=O)NN)c1ccccc1OCO. The molecule has 0 aliphatic carbocycles. The number of para-hydroxylation sites is 1. The number of carbonyl (C=O) groups is 1. The third-order valence-corrected chi connectivity index (χ3v) is 1.84. The number of carbonyl (C=O) groups excluding carboxylic acids is 1. The molecule has 5 nitrogen and oxygen atoms in total. The zero-order valence-corrected chi connectivity index (χ0v) is 8.06. The smallest absolute Gasteiger partial charge is 0.265 e. The van der Waals surface area contributed by atoms with Crippen LogP contribution in [-0.2, 0) is 4.79 Å². The molecule has 80 valence electrons. The van der Waals surface area contributed by atoms with E-state index in [2.05, 4.69) is 6.58 Å². The van der Waals surface area contributed by atoms with Crippen molar-refractivity contribution in [1.82, 2.24) is 5.43 Å². The standard InChI is InChI=1S/C10H12N2O3/c1-7(10(14)12-11)8-4-2-3-5-9(8)15-6-13/h2-5,13H,1,6,11H2,(H,12,14). The predicted octanol–water partition coefficient (Wildman–Crippen LogP) is 0.0183. The third kappa shape index (κ3) is 2.55. The molecule has 0 aromatic heterocycles. The van der Waals surface area contributed by atoms with Crippen LogP contribution in [0.2, 0.25) is 0 Å². The Morgan fingerprint density at radius 2 is 2.20 bits per heavy atom. The lowest BCUT2D eigenvalue weighted by Gasteiger charge is -2.10. The highest BCUT2D eigenvalue weighted by Gasteiger charge is 2.12. The van der Waals surface area contributed by atoms with Crippen LogP contribution in [-0.4, -0.2) is 17.8 Å². The zero-order chi connectivity index (χ0) is 11.3. The van der Waals surface area contributed by atoms with Gasteiger partial charge in [0.15, 0.2) is 6.79 Å². The average Bonchev–Trinajstić information content (AvgIpc) is 2.28. The first-order valence-electron chi connectivity index (χ1n) is 4.23. The van der Waals surface area contributed by atoms with Gasteiger partial charge in [0.25, 0.3) is 5.91 Å². The maximum atomic E-state index is 11.2. The lowest BCUT2D eigenvalue weighted by molar-refractivity contribution is -0.115. The van der Waals surface area contributed by atoms with Crippen molar-refractivity contribution in [2.75, 3.05) is 6.79 Å². The van der Waals surface area contributed by atoms with Crippen molar-refractivity contribution in [2.24, 2.45) is 5.84 Å². The number of amides is 1. The van der Waals surface area contributed by atoms with Crippen molar-refractivity contribution >= 4 is 11.5 Å². The van der Waals surface area contributed by atoms with Crippen molar-refractivity contribution in [3.8, 4) is 5.75 Å². The normalized spacial score (nSPS) is 9.47. The van der Waals surface area contributed by atoms with Crippen molar-refractivity contribution in [3.05, 3.63) is 36.4 Å². The predicted molar refractivity (Wildman–Crippen MR) is 55.5 cm³/mol. The fourth-order valence-electron chi connectivity index (χ4n) is 1.12. The molecule has 0 fully saturated rings. The van der Waals surface area contributed by atoms with E-state index in [1.54, 1.807) is 24.3 Å². The molecule has 0 aliphatic heterocycles. The number of benzene rings is 1. The van der Waals surface area contributed by atoms with Gasteiger partial charge in [-0.05, 0) is 6.07 Å². The third-order valence-electron chi connectivity index (χ3n) is 1.84. The molecule has 1 aromatic carbocycles. The number of hydrogen-bond acceptors (Lipinski definition) is 4. The second-order valence-electron chi connectivity index (χ2n) is 2.72. The summed E-state index contributed by atoms with van der Waals surface area (Å²) in [5.41, 5.74) is 2.65. The molecule has 0 saturated heterocycles. The number of aliphatic hydroxyl groups excluding tert-OH is 1.